The highest BCUT2D eigenvalue weighted by Gasteiger charge is 2.12. The number of ether oxygens (including phenoxy) is 1. The second kappa shape index (κ2) is 6.74. The van der Waals surface area contributed by atoms with E-state index in [9.17, 15) is 9.59 Å². The van der Waals surface area contributed by atoms with Gasteiger partial charge in [0.15, 0.2) is 0 Å². The van der Waals surface area contributed by atoms with Crippen LogP contribution in [0.4, 0.5) is 0 Å². The number of hydrogen-bond donors (Lipinski definition) is 1. The number of Topliss-reactive ketones (excluding diaryl/α,β-unsaturated/α-hetero) is 1. The average molecular weight is 251 g/mol. The number of rotatable bonds is 7. The highest BCUT2D eigenvalue weighted by molar-refractivity contribution is 6.33. The molecule has 0 bridgehead atoms. The van der Waals surface area contributed by atoms with Crippen molar-refractivity contribution in [2.75, 3.05) is 6.61 Å². The van der Waals surface area contributed by atoms with E-state index in [2.05, 4.69) is 18.8 Å². The van der Waals surface area contributed by atoms with Gasteiger partial charge in [-0.1, -0.05) is 13.8 Å². The first-order chi connectivity index (χ1) is 8.49. The van der Waals surface area contributed by atoms with Gasteiger partial charge in [0, 0.05) is 5.69 Å². The first kappa shape index (κ1) is 14.2. The van der Waals surface area contributed by atoms with Crippen molar-refractivity contribution < 1.29 is 19.4 Å². The molecule has 0 aliphatic carbocycles. The monoisotopic (exact) mass is 251 g/mol. The summed E-state index contributed by atoms with van der Waals surface area (Å²) in [7, 11) is 0. The van der Waals surface area contributed by atoms with E-state index in [1.807, 2.05) is 0 Å². The Morgan fingerprint density at radius 3 is 2.61 bits per heavy atom. The van der Waals surface area contributed by atoms with E-state index < -0.39 is 11.8 Å². The Balaban J connectivity index is 2.47. The molecule has 1 aromatic heterocycles. The van der Waals surface area contributed by atoms with Crippen molar-refractivity contribution in [3.63, 3.8) is 0 Å². The van der Waals surface area contributed by atoms with Crippen molar-refractivity contribution in [2.45, 2.75) is 26.7 Å². The Hall–Kier alpha value is -1.91. The lowest BCUT2D eigenvalue weighted by Crippen LogP contribution is -2.15. The number of ketones is 1. The third kappa shape index (κ3) is 4.95. The van der Waals surface area contributed by atoms with Crippen LogP contribution in [0.5, 0.6) is 5.75 Å². The molecule has 18 heavy (non-hydrogen) atoms. The van der Waals surface area contributed by atoms with E-state index in [0.29, 0.717) is 24.0 Å². The number of carboxylic acid groups (broad SMARTS) is 1. The molecule has 1 heterocycles. The molecule has 0 spiro atoms. The molecule has 0 aliphatic rings. The number of pyridine rings is 1. The van der Waals surface area contributed by atoms with Crippen LogP contribution >= 0.6 is 0 Å². The maximum atomic E-state index is 11.0. The second-order valence-electron chi connectivity index (χ2n) is 4.42. The van der Waals surface area contributed by atoms with Gasteiger partial charge in [0.25, 0.3) is 0 Å². The zero-order valence-corrected chi connectivity index (χ0v) is 10.5. The molecular formula is C13H17NO4. The topological polar surface area (TPSA) is 76.5 Å². The molecule has 0 unspecified atom stereocenters. The summed E-state index contributed by atoms with van der Waals surface area (Å²) in [6.45, 7) is 4.84. The van der Waals surface area contributed by atoms with Crippen LogP contribution in [0, 0.1) is 5.92 Å². The summed E-state index contributed by atoms with van der Waals surface area (Å²) in [5.74, 6) is -1.10. The van der Waals surface area contributed by atoms with Crippen LogP contribution in [0.1, 0.15) is 26.0 Å². The third-order valence-electron chi connectivity index (χ3n) is 2.34. The molecule has 1 N–H and O–H groups in total. The molecule has 0 fully saturated rings. The zero-order chi connectivity index (χ0) is 13.5. The van der Waals surface area contributed by atoms with Gasteiger partial charge in [-0.15, -0.1) is 0 Å². The van der Waals surface area contributed by atoms with E-state index in [1.54, 1.807) is 12.1 Å². The largest absolute Gasteiger partial charge is 0.492 e. The smallest absolute Gasteiger partial charge is 0.372 e. The third-order valence-corrected chi connectivity index (χ3v) is 2.34. The molecule has 0 saturated carbocycles. The minimum absolute atomic E-state index is 0.193. The fraction of sp³-hybridized carbons (Fsp3) is 0.462. The van der Waals surface area contributed by atoms with Crippen molar-refractivity contribution in [1.29, 1.82) is 0 Å². The van der Waals surface area contributed by atoms with Gasteiger partial charge < -0.3 is 9.84 Å². The number of aromatic nitrogens is 1. The first-order valence-corrected chi connectivity index (χ1v) is 5.83. The van der Waals surface area contributed by atoms with E-state index in [1.165, 1.54) is 6.20 Å². The van der Waals surface area contributed by atoms with Crippen LogP contribution in [0.15, 0.2) is 18.3 Å². The van der Waals surface area contributed by atoms with Crippen molar-refractivity contribution >= 4 is 11.8 Å². The summed E-state index contributed by atoms with van der Waals surface area (Å²) in [4.78, 5) is 25.3. The van der Waals surface area contributed by atoms with Crippen LogP contribution in [0.25, 0.3) is 0 Å². The maximum absolute atomic E-state index is 11.0. The molecule has 0 amide bonds. The quantitative estimate of drug-likeness (QED) is 0.746. The Kier molecular flexibility index (Phi) is 5.30. The minimum Gasteiger partial charge on any atom is -0.492 e. The molecule has 0 aromatic carbocycles. The minimum atomic E-state index is -1.44. The van der Waals surface area contributed by atoms with E-state index >= 15 is 0 Å². The van der Waals surface area contributed by atoms with Crippen LogP contribution in [-0.2, 0) is 16.0 Å². The van der Waals surface area contributed by atoms with Gasteiger partial charge in [0.05, 0.1) is 19.2 Å². The predicted octanol–water partition coefficient (Wildman–Crippen LogP) is 1.70. The number of carbonyl (C=O) groups is 2. The summed E-state index contributed by atoms with van der Waals surface area (Å²) >= 11 is 0. The fourth-order valence-electron chi connectivity index (χ4n) is 1.25. The number of carboxylic acids is 1. The van der Waals surface area contributed by atoms with E-state index in [0.717, 1.165) is 6.42 Å². The summed E-state index contributed by atoms with van der Waals surface area (Å²) in [6.07, 6.45) is 2.27. The van der Waals surface area contributed by atoms with Gasteiger partial charge >= 0.3 is 5.97 Å². The number of nitrogens with zero attached hydrogens (tertiary/aromatic N) is 1. The van der Waals surface area contributed by atoms with Gasteiger partial charge in [-0.25, -0.2) is 4.79 Å². The normalized spacial score (nSPS) is 10.4. The lowest BCUT2D eigenvalue weighted by Gasteiger charge is -2.07. The van der Waals surface area contributed by atoms with Gasteiger partial charge in [-0.05, 0) is 24.5 Å². The van der Waals surface area contributed by atoms with Gasteiger partial charge in [-0.2, -0.15) is 0 Å². The molecule has 98 valence electrons. The van der Waals surface area contributed by atoms with Crippen molar-refractivity contribution in [1.82, 2.24) is 4.98 Å². The van der Waals surface area contributed by atoms with Crippen LogP contribution in [-0.4, -0.2) is 28.4 Å². The molecule has 0 saturated heterocycles. The molecule has 0 aliphatic heterocycles. The summed E-state index contributed by atoms with van der Waals surface area (Å²) in [5.41, 5.74) is 0.429. The molecular weight excluding hydrogens is 234 g/mol. The van der Waals surface area contributed by atoms with Gasteiger partial charge in [0.2, 0.25) is 5.78 Å². The Bertz CT molecular complexity index is 412. The summed E-state index contributed by atoms with van der Waals surface area (Å²) < 4.78 is 5.46. The van der Waals surface area contributed by atoms with Gasteiger partial charge in [-0.3, -0.25) is 9.78 Å². The maximum Gasteiger partial charge on any atom is 0.372 e. The first-order valence-electron chi connectivity index (χ1n) is 5.83. The lowest BCUT2D eigenvalue weighted by atomic mass is 10.1. The molecule has 5 heteroatoms. The summed E-state index contributed by atoms with van der Waals surface area (Å²) in [5, 5.41) is 8.46. The second-order valence-corrected chi connectivity index (χ2v) is 4.42. The number of carbonyl (C=O) groups excluding carboxylic acids is 1. The van der Waals surface area contributed by atoms with E-state index in [4.69, 9.17) is 9.84 Å². The fourth-order valence-corrected chi connectivity index (χ4v) is 1.25. The highest BCUT2D eigenvalue weighted by Crippen LogP contribution is 2.11. The van der Waals surface area contributed by atoms with Crippen LogP contribution < -0.4 is 4.74 Å². The Morgan fingerprint density at radius 2 is 2.11 bits per heavy atom. The highest BCUT2D eigenvalue weighted by atomic mass is 16.5. The van der Waals surface area contributed by atoms with Gasteiger partial charge in [0.1, 0.15) is 5.75 Å². The van der Waals surface area contributed by atoms with Crippen LogP contribution in [0.3, 0.4) is 0 Å². The van der Waals surface area contributed by atoms with Crippen molar-refractivity contribution in [2.24, 2.45) is 5.92 Å². The molecule has 0 atom stereocenters. The zero-order valence-electron chi connectivity index (χ0n) is 10.5. The molecule has 1 aromatic rings. The van der Waals surface area contributed by atoms with Crippen molar-refractivity contribution in [3.8, 4) is 5.75 Å². The number of aliphatic carboxylic acids is 1. The summed E-state index contributed by atoms with van der Waals surface area (Å²) in [6, 6.07) is 3.29. The average Bonchev–Trinajstić information content (AvgIpc) is 2.30. The van der Waals surface area contributed by atoms with E-state index in [-0.39, 0.29) is 6.42 Å². The molecule has 5 nitrogen and oxygen atoms in total. The Labute approximate surface area is 106 Å². The Morgan fingerprint density at radius 1 is 1.39 bits per heavy atom. The van der Waals surface area contributed by atoms with Crippen molar-refractivity contribution in [3.05, 3.63) is 24.0 Å². The SMILES string of the molecule is CC(C)CCOc1ccc(CC(=O)C(=O)O)nc1. The lowest BCUT2D eigenvalue weighted by molar-refractivity contribution is -0.148. The molecule has 0 radical (unpaired) electrons. The van der Waals surface area contributed by atoms with Crippen LogP contribution in [0.2, 0.25) is 0 Å². The predicted molar refractivity (Wildman–Crippen MR) is 65.5 cm³/mol. The standard InChI is InChI=1S/C13H17NO4/c1-9(2)5-6-18-11-4-3-10(14-8-11)7-12(15)13(16)17/h3-4,8-9H,5-7H2,1-2H3,(H,16,17). The molecule has 1 rings (SSSR count). The number of hydrogen-bond acceptors (Lipinski definition) is 4.